The molecule has 0 rings (SSSR count). The van der Waals surface area contributed by atoms with Gasteiger partial charge in [-0.3, -0.25) is 14.4 Å². The number of carbonyl (C=O) groups is 3. The molecular weight excluding hydrogens is 450 g/mol. The summed E-state index contributed by atoms with van der Waals surface area (Å²) in [4.78, 5) is 34.4. The number of Topliss-reactive ketones (excluding diaryl/α,β-unsaturated/α-hetero) is 2. The maximum atomic E-state index is 11.7. The van der Waals surface area contributed by atoms with Crippen LogP contribution in [0.15, 0.2) is 0 Å². The van der Waals surface area contributed by atoms with E-state index in [1.54, 1.807) is 7.11 Å². The molecule has 11 nitrogen and oxygen atoms in total. The minimum Gasteiger partial charge on any atom is -0.382 e. The van der Waals surface area contributed by atoms with Gasteiger partial charge in [-0.2, -0.15) is 0 Å². The van der Waals surface area contributed by atoms with Crippen LogP contribution in [0.2, 0.25) is 0 Å². The molecule has 0 radical (unpaired) electrons. The van der Waals surface area contributed by atoms with Gasteiger partial charge in [0.15, 0.2) is 11.6 Å². The summed E-state index contributed by atoms with van der Waals surface area (Å²) in [6.45, 7) is 6.67. The predicted molar refractivity (Wildman–Crippen MR) is 124 cm³/mol. The van der Waals surface area contributed by atoms with Crippen molar-refractivity contribution in [1.82, 2.24) is 5.32 Å². The largest absolute Gasteiger partial charge is 0.382 e. The SMILES string of the molecule is CCC(=O)COCCCOCCCC(=O)COCCOCCNC(=O)COCCOCCOC. The van der Waals surface area contributed by atoms with Gasteiger partial charge in [0.25, 0.3) is 0 Å². The Labute approximate surface area is 203 Å². The van der Waals surface area contributed by atoms with Crippen LogP contribution in [0.4, 0.5) is 0 Å². The van der Waals surface area contributed by atoms with Gasteiger partial charge in [-0.25, -0.2) is 0 Å². The molecule has 1 amide bonds. The van der Waals surface area contributed by atoms with E-state index < -0.39 is 0 Å². The van der Waals surface area contributed by atoms with Crippen LogP contribution in [-0.4, -0.2) is 117 Å². The Morgan fingerprint density at radius 2 is 1.12 bits per heavy atom. The van der Waals surface area contributed by atoms with E-state index >= 15 is 0 Å². The normalized spacial score (nSPS) is 11.0. The zero-order valence-electron chi connectivity index (χ0n) is 20.8. The number of ether oxygens (including phenoxy) is 7. The summed E-state index contributed by atoms with van der Waals surface area (Å²) in [5.41, 5.74) is 0. The average Bonchev–Trinajstić information content (AvgIpc) is 2.83. The van der Waals surface area contributed by atoms with Crippen LogP contribution in [0, 0.1) is 0 Å². The highest BCUT2D eigenvalue weighted by atomic mass is 16.5. The molecule has 0 saturated heterocycles. The van der Waals surface area contributed by atoms with E-state index in [-0.39, 0.29) is 37.3 Å². The summed E-state index contributed by atoms with van der Waals surface area (Å²) in [5, 5.41) is 2.68. The van der Waals surface area contributed by atoms with E-state index in [1.807, 2.05) is 6.92 Å². The van der Waals surface area contributed by atoms with Gasteiger partial charge in [-0.1, -0.05) is 6.92 Å². The molecule has 0 unspecified atom stereocenters. The maximum Gasteiger partial charge on any atom is 0.246 e. The minimum absolute atomic E-state index is 0.0152. The average molecular weight is 494 g/mol. The number of hydrogen-bond donors (Lipinski definition) is 1. The molecule has 0 spiro atoms. The van der Waals surface area contributed by atoms with Crippen LogP contribution >= 0.6 is 0 Å². The molecule has 0 heterocycles. The third-order valence-electron chi connectivity index (χ3n) is 4.22. The molecule has 0 saturated carbocycles. The van der Waals surface area contributed by atoms with Gasteiger partial charge in [0.2, 0.25) is 5.91 Å². The van der Waals surface area contributed by atoms with Crippen molar-refractivity contribution in [2.75, 3.05) is 99.5 Å². The molecule has 11 heteroatoms. The van der Waals surface area contributed by atoms with Crippen LogP contribution in [0.3, 0.4) is 0 Å². The number of ketones is 2. The second-order valence-corrected chi connectivity index (χ2v) is 7.23. The zero-order valence-corrected chi connectivity index (χ0v) is 20.8. The topological polar surface area (TPSA) is 128 Å². The first-order chi connectivity index (χ1) is 16.6. The first kappa shape index (κ1) is 32.5. The van der Waals surface area contributed by atoms with Crippen molar-refractivity contribution in [2.45, 2.75) is 32.6 Å². The van der Waals surface area contributed by atoms with Crippen LogP contribution in [0.25, 0.3) is 0 Å². The molecule has 0 fully saturated rings. The van der Waals surface area contributed by atoms with Crippen molar-refractivity contribution in [2.24, 2.45) is 0 Å². The van der Waals surface area contributed by atoms with Crippen molar-refractivity contribution >= 4 is 17.5 Å². The molecule has 0 aliphatic carbocycles. The van der Waals surface area contributed by atoms with Crippen molar-refractivity contribution in [3.05, 3.63) is 0 Å². The smallest absolute Gasteiger partial charge is 0.246 e. The molecule has 0 aromatic rings. The lowest BCUT2D eigenvalue weighted by molar-refractivity contribution is -0.127. The molecular formula is C23H43NO10. The quantitative estimate of drug-likeness (QED) is 0.162. The number of methoxy groups -OCH3 is 1. The Bertz CT molecular complexity index is 504. The molecule has 0 aromatic carbocycles. The molecule has 0 bridgehead atoms. The Morgan fingerprint density at radius 3 is 1.85 bits per heavy atom. The zero-order chi connectivity index (χ0) is 25.1. The summed E-state index contributed by atoms with van der Waals surface area (Å²) < 4.78 is 36.5. The fraction of sp³-hybridized carbons (Fsp3) is 0.870. The summed E-state index contributed by atoms with van der Waals surface area (Å²) >= 11 is 0. The molecule has 200 valence electrons. The summed E-state index contributed by atoms with van der Waals surface area (Å²) in [7, 11) is 1.60. The maximum absolute atomic E-state index is 11.7. The van der Waals surface area contributed by atoms with E-state index in [9.17, 15) is 14.4 Å². The number of amides is 1. The molecule has 34 heavy (non-hydrogen) atoms. The van der Waals surface area contributed by atoms with Gasteiger partial charge in [0.1, 0.15) is 19.8 Å². The van der Waals surface area contributed by atoms with Crippen LogP contribution < -0.4 is 5.32 Å². The Kier molecular flexibility index (Phi) is 25.0. The minimum atomic E-state index is -0.219. The number of rotatable bonds is 27. The van der Waals surface area contributed by atoms with E-state index in [2.05, 4.69) is 5.32 Å². The highest BCUT2D eigenvalue weighted by Crippen LogP contribution is 1.95. The second-order valence-electron chi connectivity index (χ2n) is 7.23. The summed E-state index contributed by atoms with van der Waals surface area (Å²) in [5.74, 6) is -0.111. The second kappa shape index (κ2) is 26.1. The van der Waals surface area contributed by atoms with Crippen LogP contribution in [0.5, 0.6) is 0 Å². The monoisotopic (exact) mass is 493 g/mol. The standard InChI is InChI=1S/C23H43NO10/c1-3-21(25)18-32-10-5-9-29-8-4-6-22(26)19-33-16-14-30-11-7-24-23(27)20-34-17-15-31-13-12-28-2/h3-20H2,1-2H3,(H,24,27). The van der Waals surface area contributed by atoms with Gasteiger partial charge in [-0.05, 0) is 12.8 Å². The summed E-state index contributed by atoms with van der Waals surface area (Å²) in [6.07, 6.45) is 2.25. The van der Waals surface area contributed by atoms with Crippen molar-refractivity contribution in [1.29, 1.82) is 0 Å². The van der Waals surface area contributed by atoms with Crippen molar-refractivity contribution < 1.29 is 47.5 Å². The van der Waals surface area contributed by atoms with E-state index in [1.165, 1.54) is 0 Å². The van der Waals surface area contributed by atoms with Crippen molar-refractivity contribution in [3.8, 4) is 0 Å². The van der Waals surface area contributed by atoms with Crippen LogP contribution in [-0.2, 0) is 47.5 Å². The predicted octanol–water partition coefficient (Wildman–Crippen LogP) is 0.567. The first-order valence-corrected chi connectivity index (χ1v) is 11.9. The highest BCUT2D eigenvalue weighted by molar-refractivity contribution is 5.79. The molecule has 0 aromatic heterocycles. The fourth-order valence-electron chi connectivity index (χ4n) is 2.34. The van der Waals surface area contributed by atoms with Crippen LogP contribution in [0.1, 0.15) is 32.6 Å². The Hall–Kier alpha value is -1.47. The molecule has 1 N–H and O–H groups in total. The Balaban J connectivity index is 3.28. The van der Waals surface area contributed by atoms with Gasteiger partial charge >= 0.3 is 0 Å². The molecule has 0 aliphatic heterocycles. The lowest BCUT2D eigenvalue weighted by Crippen LogP contribution is -2.31. The first-order valence-electron chi connectivity index (χ1n) is 11.9. The van der Waals surface area contributed by atoms with Crippen molar-refractivity contribution in [3.63, 3.8) is 0 Å². The fourth-order valence-corrected chi connectivity index (χ4v) is 2.34. The van der Waals surface area contributed by atoms with E-state index in [0.29, 0.717) is 91.9 Å². The third-order valence-corrected chi connectivity index (χ3v) is 4.22. The van der Waals surface area contributed by atoms with E-state index in [4.69, 9.17) is 33.2 Å². The highest BCUT2D eigenvalue weighted by Gasteiger charge is 2.03. The van der Waals surface area contributed by atoms with Gasteiger partial charge in [-0.15, -0.1) is 0 Å². The molecule has 0 atom stereocenters. The van der Waals surface area contributed by atoms with Gasteiger partial charge in [0, 0.05) is 46.3 Å². The number of nitrogens with one attached hydrogen (secondary N) is 1. The third kappa shape index (κ3) is 25.2. The lowest BCUT2D eigenvalue weighted by atomic mass is 10.2. The van der Waals surface area contributed by atoms with Gasteiger partial charge < -0.3 is 38.5 Å². The van der Waals surface area contributed by atoms with Gasteiger partial charge in [0.05, 0.1) is 46.2 Å². The van der Waals surface area contributed by atoms with E-state index in [0.717, 1.165) is 6.42 Å². The number of hydrogen-bond acceptors (Lipinski definition) is 10. The lowest BCUT2D eigenvalue weighted by Gasteiger charge is -2.08. The number of carbonyl (C=O) groups excluding carboxylic acids is 3. The Morgan fingerprint density at radius 1 is 0.588 bits per heavy atom. The molecule has 0 aliphatic rings. The summed E-state index contributed by atoms with van der Waals surface area (Å²) in [6, 6.07) is 0.